The van der Waals surface area contributed by atoms with Gasteiger partial charge in [0.15, 0.2) is 11.5 Å². The van der Waals surface area contributed by atoms with Gasteiger partial charge in [0.05, 0.1) is 14.2 Å². The maximum absolute atomic E-state index is 5.10. The summed E-state index contributed by atoms with van der Waals surface area (Å²) in [6, 6.07) is 1.71. The van der Waals surface area contributed by atoms with Crippen LogP contribution in [0.3, 0.4) is 0 Å². The maximum Gasteiger partial charge on any atom is 0.184 e. The molecular formula is C8H12N2O3. The van der Waals surface area contributed by atoms with Gasteiger partial charge in [-0.15, -0.1) is 0 Å². The lowest BCUT2D eigenvalue weighted by Crippen LogP contribution is -2.04. The predicted molar refractivity (Wildman–Crippen MR) is 46.3 cm³/mol. The Morgan fingerprint density at radius 1 is 1.38 bits per heavy atom. The summed E-state index contributed by atoms with van der Waals surface area (Å²) in [5.74, 6) is 6.11. The van der Waals surface area contributed by atoms with Crippen molar-refractivity contribution in [2.75, 3.05) is 14.2 Å². The Balaban J connectivity index is 3.03. The van der Waals surface area contributed by atoms with E-state index in [1.165, 1.54) is 0 Å². The second-order valence-corrected chi connectivity index (χ2v) is 2.30. The van der Waals surface area contributed by atoms with Gasteiger partial charge in [0, 0.05) is 12.3 Å². The normalized spacial score (nSPS) is 9.77. The number of hydrogen-bond acceptors (Lipinski definition) is 5. The molecule has 13 heavy (non-hydrogen) atoms. The van der Waals surface area contributed by atoms with Gasteiger partial charge in [0.1, 0.15) is 12.3 Å². The molecule has 1 aromatic heterocycles. The Morgan fingerprint density at radius 3 is 2.69 bits per heavy atom. The van der Waals surface area contributed by atoms with Crippen molar-refractivity contribution in [3.05, 3.63) is 18.0 Å². The van der Waals surface area contributed by atoms with Crippen molar-refractivity contribution in [3.63, 3.8) is 0 Å². The number of pyridine rings is 1. The van der Waals surface area contributed by atoms with Crippen LogP contribution in [-0.2, 0) is 11.4 Å². The minimum Gasteiger partial charge on any atom is -0.493 e. The third-order valence-corrected chi connectivity index (χ3v) is 1.59. The molecule has 0 saturated heterocycles. The molecule has 5 nitrogen and oxygen atoms in total. The standard InChI is InChI=1S/C8H12N2O3/c1-11-7-3-4-10-6(5-13-9)8(7)12-2/h3-4H,5,9H2,1-2H3. The summed E-state index contributed by atoms with van der Waals surface area (Å²) >= 11 is 0. The summed E-state index contributed by atoms with van der Waals surface area (Å²) in [5, 5.41) is 0. The molecule has 0 saturated carbocycles. The van der Waals surface area contributed by atoms with Crippen molar-refractivity contribution in [1.29, 1.82) is 0 Å². The van der Waals surface area contributed by atoms with Gasteiger partial charge in [-0.25, -0.2) is 5.90 Å². The number of aromatic nitrogens is 1. The second-order valence-electron chi connectivity index (χ2n) is 2.30. The molecule has 72 valence electrons. The fraction of sp³-hybridized carbons (Fsp3) is 0.375. The molecule has 0 spiro atoms. The van der Waals surface area contributed by atoms with Gasteiger partial charge in [0.2, 0.25) is 0 Å². The first kappa shape index (κ1) is 9.76. The van der Waals surface area contributed by atoms with Crippen LogP contribution < -0.4 is 15.4 Å². The molecule has 1 rings (SSSR count). The van der Waals surface area contributed by atoms with Crippen molar-refractivity contribution in [2.45, 2.75) is 6.61 Å². The SMILES string of the molecule is COc1ccnc(CON)c1OC. The van der Waals surface area contributed by atoms with E-state index in [2.05, 4.69) is 9.82 Å². The number of nitrogens with zero attached hydrogens (tertiary/aromatic N) is 1. The Kier molecular flexibility index (Phi) is 3.48. The maximum atomic E-state index is 5.10. The Morgan fingerprint density at radius 2 is 2.15 bits per heavy atom. The van der Waals surface area contributed by atoms with Crippen LogP contribution in [0.25, 0.3) is 0 Å². The summed E-state index contributed by atoms with van der Waals surface area (Å²) in [4.78, 5) is 8.51. The summed E-state index contributed by atoms with van der Waals surface area (Å²) in [5.41, 5.74) is 0.615. The highest BCUT2D eigenvalue weighted by atomic mass is 16.6. The molecule has 0 aliphatic carbocycles. The average molecular weight is 184 g/mol. The second kappa shape index (κ2) is 4.64. The van der Waals surface area contributed by atoms with Gasteiger partial charge in [-0.05, 0) is 0 Å². The number of rotatable bonds is 4. The highest BCUT2D eigenvalue weighted by Crippen LogP contribution is 2.28. The van der Waals surface area contributed by atoms with Gasteiger partial charge in [-0.2, -0.15) is 0 Å². The molecule has 0 radical (unpaired) electrons. The molecule has 0 amide bonds. The quantitative estimate of drug-likeness (QED) is 0.690. The van der Waals surface area contributed by atoms with Crippen LogP contribution in [0, 0.1) is 0 Å². The summed E-state index contributed by atoms with van der Waals surface area (Å²) in [6.07, 6.45) is 1.61. The topological polar surface area (TPSA) is 66.6 Å². The first-order valence-electron chi connectivity index (χ1n) is 3.71. The van der Waals surface area contributed by atoms with E-state index in [0.29, 0.717) is 17.2 Å². The lowest BCUT2D eigenvalue weighted by molar-refractivity contribution is 0.118. The van der Waals surface area contributed by atoms with E-state index < -0.39 is 0 Å². The molecule has 0 fully saturated rings. The molecule has 1 heterocycles. The fourth-order valence-electron chi connectivity index (χ4n) is 1.03. The van der Waals surface area contributed by atoms with Crippen LogP contribution in [0.15, 0.2) is 12.3 Å². The van der Waals surface area contributed by atoms with Gasteiger partial charge in [-0.3, -0.25) is 9.82 Å². The first-order chi connectivity index (χ1) is 6.33. The van der Waals surface area contributed by atoms with Gasteiger partial charge < -0.3 is 9.47 Å². The highest BCUT2D eigenvalue weighted by molar-refractivity contribution is 5.42. The fourth-order valence-corrected chi connectivity index (χ4v) is 1.03. The van der Waals surface area contributed by atoms with Crippen molar-refractivity contribution in [2.24, 2.45) is 5.90 Å². The molecule has 0 unspecified atom stereocenters. The van der Waals surface area contributed by atoms with Gasteiger partial charge in [0.25, 0.3) is 0 Å². The Labute approximate surface area is 76.4 Å². The molecule has 1 aromatic rings. The zero-order chi connectivity index (χ0) is 9.68. The minimum absolute atomic E-state index is 0.195. The van der Waals surface area contributed by atoms with E-state index >= 15 is 0 Å². The van der Waals surface area contributed by atoms with E-state index in [9.17, 15) is 0 Å². The van der Waals surface area contributed by atoms with Crippen LogP contribution in [-0.4, -0.2) is 19.2 Å². The van der Waals surface area contributed by atoms with Crippen LogP contribution in [0.5, 0.6) is 11.5 Å². The molecule has 0 atom stereocenters. The Hall–Kier alpha value is -1.33. The molecule has 0 aromatic carbocycles. The number of hydrogen-bond donors (Lipinski definition) is 1. The third-order valence-electron chi connectivity index (χ3n) is 1.59. The van der Waals surface area contributed by atoms with E-state index in [1.54, 1.807) is 26.5 Å². The van der Waals surface area contributed by atoms with Gasteiger partial charge in [-0.1, -0.05) is 0 Å². The summed E-state index contributed by atoms with van der Waals surface area (Å²) < 4.78 is 10.2. The van der Waals surface area contributed by atoms with Crippen molar-refractivity contribution >= 4 is 0 Å². The largest absolute Gasteiger partial charge is 0.493 e. The van der Waals surface area contributed by atoms with E-state index in [4.69, 9.17) is 15.4 Å². The summed E-state index contributed by atoms with van der Waals surface area (Å²) in [7, 11) is 3.10. The lowest BCUT2D eigenvalue weighted by atomic mass is 10.3. The molecule has 0 aliphatic heterocycles. The van der Waals surface area contributed by atoms with Crippen LogP contribution in [0.2, 0.25) is 0 Å². The smallest absolute Gasteiger partial charge is 0.184 e. The zero-order valence-electron chi connectivity index (χ0n) is 7.61. The van der Waals surface area contributed by atoms with E-state index in [-0.39, 0.29) is 6.61 Å². The minimum atomic E-state index is 0.195. The monoisotopic (exact) mass is 184 g/mol. The molecular weight excluding hydrogens is 172 g/mol. The van der Waals surface area contributed by atoms with E-state index in [0.717, 1.165) is 0 Å². The highest BCUT2D eigenvalue weighted by Gasteiger charge is 2.09. The molecule has 2 N–H and O–H groups in total. The van der Waals surface area contributed by atoms with Crippen LogP contribution in [0.1, 0.15) is 5.69 Å². The van der Waals surface area contributed by atoms with Gasteiger partial charge >= 0.3 is 0 Å². The number of methoxy groups -OCH3 is 2. The lowest BCUT2D eigenvalue weighted by Gasteiger charge is -2.10. The third kappa shape index (κ3) is 2.07. The summed E-state index contributed by atoms with van der Waals surface area (Å²) in [6.45, 7) is 0.195. The average Bonchev–Trinajstić information content (AvgIpc) is 2.18. The van der Waals surface area contributed by atoms with Crippen molar-refractivity contribution < 1.29 is 14.3 Å². The van der Waals surface area contributed by atoms with Crippen LogP contribution >= 0.6 is 0 Å². The number of nitrogens with two attached hydrogens (primary N) is 1. The Bertz CT molecular complexity index is 278. The molecule has 5 heteroatoms. The number of ether oxygens (including phenoxy) is 2. The predicted octanol–water partition coefficient (Wildman–Crippen LogP) is 0.489. The van der Waals surface area contributed by atoms with Crippen molar-refractivity contribution in [3.8, 4) is 11.5 Å². The molecule has 0 bridgehead atoms. The van der Waals surface area contributed by atoms with Crippen molar-refractivity contribution in [1.82, 2.24) is 4.98 Å². The molecule has 0 aliphatic rings. The zero-order valence-corrected chi connectivity index (χ0v) is 7.61. The first-order valence-corrected chi connectivity index (χ1v) is 3.71. The van der Waals surface area contributed by atoms with Crippen LogP contribution in [0.4, 0.5) is 0 Å². The van der Waals surface area contributed by atoms with E-state index in [1.807, 2.05) is 0 Å².